The SMILES string of the molecule is CC1CCC2(Cc3nc(OCC45CCCN4CC(=C(F)F)C5)nc(NC4CCC4O)c3CO2)c2c1ccc(N)c2C#N. The summed E-state index contributed by atoms with van der Waals surface area (Å²) in [6.07, 6.45) is 3.50. The highest BCUT2D eigenvalue weighted by Crippen LogP contribution is 2.51. The Kier molecular flexibility index (Phi) is 6.64. The third-order valence-electron chi connectivity index (χ3n) is 10.3. The van der Waals surface area contributed by atoms with Crippen molar-refractivity contribution in [1.82, 2.24) is 14.9 Å². The fraction of sp³-hybridized carbons (Fsp3) is 0.581. The molecule has 0 amide bonds. The van der Waals surface area contributed by atoms with Crippen molar-refractivity contribution in [3.63, 3.8) is 0 Å². The molecule has 1 aromatic heterocycles. The Morgan fingerprint density at radius 1 is 1.26 bits per heavy atom. The molecule has 3 aliphatic heterocycles. The van der Waals surface area contributed by atoms with Crippen molar-refractivity contribution >= 4 is 11.5 Å². The van der Waals surface area contributed by atoms with Crippen LogP contribution >= 0.6 is 0 Å². The minimum absolute atomic E-state index is 0.132. The highest BCUT2D eigenvalue weighted by molar-refractivity contribution is 5.64. The predicted molar refractivity (Wildman–Crippen MR) is 151 cm³/mol. The van der Waals surface area contributed by atoms with Crippen molar-refractivity contribution in [3.05, 3.63) is 51.7 Å². The summed E-state index contributed by atoms with van der Waals surface area (Å²) in [7, 11) is 0. The average molecular weight is 579 g/mol. The van der Waals surface area contributed by atoms with Crippen LogP contribution in [0.4, 0.5) is 20.3 Å². The van der Waals surface area contributed by atoms with Crippen LogP contribution in [0.25, 0.3) is 0 Å². The number of benzene rings is 1. The minimum Gasteiger partial charge on any atom is -0.461 e. The van der Waals surface area contributed by atoms with Gasteiger partial charge in [-0.25, -0.2) is 0 Å². The molecule has 42 heavy (non-hydrogen) atoms. The number of hydrogen-bond donors (Lipinski definition) is 3. The van der Waals surface area contributed by atoms with Crippen LogP contribution in [0.1, 0.15) is 85.7 Å². The molecule has 1 saturated carbocycles. The van der Waals surface area contributed by atoms with Crippen LogP contribution in [0.5, 0.6) is 6.01 Å². The number of anilines is 2. The Hall–Kier alpha value is -3.33. The van der Waals surface area contributed by atoms with Crippen molar-refractivity contribution in [1.29, 1.82) is 5.26 Å². The van der Waals surface area contributed by atoms with Crippen molar-refractivity contribution in [3.8, 4) is 12.1 Å². The van der Waals surface area contributed by atoms with E-state index in [0.29, 0.717) is 29.9 Å². The lowest BCUT2D eigenvalue weighted by Gasteiger charge is -2.45. The number of nitriles is 1. The second-order valence-electron chi connectivity index (χ2n) is 12.8. The number of hydrogen-bond acceptors (Lipinski definition) is 9. The number of nitrogens with one attached hydrogen (secondary N) is 1. The zero-order valence-electron chi connectivity index (χ0n) is 23.8. The molecule has 4 heterocycles. The Morgan fingerprint density at radius 2 is 2.12 bits per heavy atom. The summed E-state index contributed by atoms with van der Waals surface area (Å²) in [5.74, 6) is 0.826. The maximum absolute atomic E-state index is 13.5. The van der Waals surface area contributed by atoms with Crippen LogP contribution in [0, 0.1) is 11.3 Å². The molecular weight excluding hydrogens is 542 g/mol. The molecular formula is C31H36F2N6O3. The van der Waals surface area contributed by atoms with Crippen LogP contribution in [0.2, 0.25) is 0 Å². The lowest BCUT2D eigenvalue weighted by Crippen LogP contribution is -2.45. The van der Waals surface area contributed by atoms with Gasteiger partial charge < -0.3 is 25.6 Å². The lowest BCUT2D eigenvalue weighted by atomic mass is 9.69. The van der Waals surface area contributed by atoms with Gasteiger partial charge in [0.25, 0.3) is 6.08 Å². The number of ether oxygens (including phenoxy) is 2. The maximum Gasteiger partial charge on any atom is 0.318 e. The molecule has 2 aliphatic carbocycles. The highest BCUT2D eigenvalue weighted by Gasteiger charge is 2.49. The van der Waals surface area contributed by atoms with Crippen LogP contribution in [-0.2, 0) is 23.4 Å². The van der Waals surface area contributed by atoms with Gasteiger partial charge in [-0.05, 0) is 69.0 Å². The van der Waals surface area contributed by atoms with E-state index in [0.717, 1.165) is 61.0 Å². The van der Waals surface area contributed by atoms with Gasteiger partial charge in [0.15, 0.2) is 0 Å². The molecule has 9 nitrogen and oxygen atoms in total. The highest BCUT2D eigenvalue weighted by atomic mass is 19.3. The number of nitrogens with two attached hydrogens (primary N) is 1. The summed E-state index contributed by atoms with van der Waals surface area (Å²) in [4.78, 5) is 11.7. The van der Waals surface area contributed by atoms with E-state index in [9.17, 15) is 19.1 Å². The molecule has 0 radical (unpaired) electrons. The standard InChI is InChI=1S/C31H36F2N6O3/c1-17-7-9-31(26-19(17)3-4-22(35)20(26)13-34)12-24-21(15-42-31)28(36-23-5-6-25(23)40)38-29(37-24)41-16-30-8-2-10-39(30)14-18(11-30)27(32)33/h3-4,17,23,25,40H,2,5-12,14-16,35H2,1H3,(H,36,37,38). The predicted octanol–water partition coefficient (Wildman–Crippen LogP) is 4.50. The quantitative estimate of drug-likeness (QED) is 0.439. The third kappa shape index (κ3) is 4.34. The lowest BCUT2D eigenvalue weighted by molar-refractivity contribution is -0.0873. The van der Waals surface area contributed by atoms with Gasteiger partial charge in [-0.2, -0.15) is 24.0 Å². The second kappa shape index (κ2) is 10.1. The van der Waals surface area contributed by atoms with E-state index in [1.54, 1.807) is 6.07 Å². The molecule has 222 valence electrons. The zero-order chi connectivity index (χ0) is 29.2. The molecule has 5 aliphatic rings. The van der Waals surface area contributed by atoms with Gasteiger partial charge in [-0.1, -0.05) is 13.0 Å². The summed E-state index contributed by atoms with van der Waals surface area (Å²) in [6.45, 7) is 3.63. The number of nitrogen functional groups attached to an aromatic ring is 1. The normalized spacial score (nSPS) is 31.6. The van der Waals surface area contributed by atoms with Crippen molar-refractivity contribution < 1.29 is 23.4 Å². The molecule has 1 aromatic carbocycles. The summed E-state index contributed by atoms with van der Waals surface area (Å²) in [6, 6.07) is 6.18. The van der Waals surface area contributed by atoms with E-state index in [4.69, 9.17) is 25.2 Å². The average Bonchev–Trinajstić information content (AvgIpc) is 3.54. The maximum atomic E-state index is 13.5. The summed E-state index contributed by atoms with van der Waals surface area (Å²) >= 11 is 0. The number of halogens is 2. The van der Waals surface area contributed by atoms with Gasteiger partial charge >= 0.3 is 6.01 Å². The first-order valence-corrected chi connectivity index (χ1v) is 14.9. The van der Waals surface area contributed by atoms with Crippen LogP contribution in [0.15, 0.2) is 23.8 Å². The van der Waals surface area contributed by atoms with E-state index in [2.05, 4.69) is 23.2 Å². The number of nitrogens with zero attached hydrogens (tertiary/aromatic N) is 4. The molecule has 11 heteroatoms. The first kappa shape index (κ1) is 27.5. The minimum atomic E-state index is -1.59. The fourth-order valence-electron chi connectivity index (χ4n) is 7.72. The number of fused-ring (bicyclic) bond motifs is 4. The zero-order valence-corrected chi connectivity index (χ0v) is 23.8. The van der Waals surface area contributed by atoms with Crippen LogP contribution in [-0.4, -0.2) is 57.4 Å². The van der Waals surface area contributed by atoms with Crippen LogP contribution < -0.4 is 15.8 Å². The monoisotopic (exact) mass is 578 g/mol. The first-order chi connectivity index (χ1) is 20.2. The topological polar surface area (TPSA) is 130 Å². The molecule has 2 saturated heterocycles. The van der Waals surface area contributed by atoms with Crippen molar-refractivity contribution in [2.75, 3.05) is 30.7 Å². The van der Waals surface area contributed by atoms with Crippen LogP contribution in [0.3, 0.4) is 0 Å². The van der Waals surface area contributed by atoms with Gasteiger partial charge in [0, 0.05) is 35.4 Å². The largest absolute Gasteiger partial charge is 0.461 e. The molecule has 0 bridgehead atoms. The smallest absolute Gasteiger partial charge is 0.318 e. The molecule has 7 rings (SSSR count). The van der Waals surface area contributed by atoms with Gasteiger partial charge in [0.1, 0.15) is 24.1 Å². The second-order valence-corrected chi connectivity index (χ2v) is 12.8. The fourth-order valence-corrected chi connectivity index (χ4v) is 7.72. The number of aliphatic hydroxyl groups is 1. The Morgan fingerprint density at radius 3 is 2.86 bits per heavy atom. The van der Waals surface area contributed by atoms with Gasteiger partial charge in [0.05, 0.1) is 35.5 Å². The summed E-state index contributed by atoms with van der Waals surface area (Å²) in [5.41, 5.74) is 9.58. The Balaban J connectivity index is 1.25. The molecule has 5 unspecified atom stereocenters. The molecule has 2 aromatic rings. The van der Waals surface area contributed by atoms with E-state index in [-0.39, 0.29) is 49.7 Å². The van der Waals surface area contributed by atoms with Gasteiger partial charge in [-0.15, -0.1) is 0 Å². The Labute approximate surface area is 243 Å². The van der Waals surface area contributed by atoms with E-state index in [1.165, 1.54) is 0 Å². The van der Waals surface area contributed by atoms with E-state index in [1.807, 2.05) is 6.07 Å². The van der Waals surface area contributed by atoms with E-state index < -0.39 is 23.3 Å². The molecule has 5 atom stereocenters. The Bertz CT molecular complexity index is 1510. The van der Waals surface area contributed by atoms with E-state index >= 15 is 0 Å². The van der Waals surface area contributed by atoms with Crippen molar-refractivity contribution in [2.24, 2.45) is 0 Å². The van der Waals surface area contributed by atoms with Gasteiger partial charge in [-0.3, -0.25) is 4.90 Å². The molecule has 3 fully saturated rings. The molecule has 1 spiro atoms. The summed E-state index contributed by atoms with van der Waals surface area (Å²) in [5, 5.41) is 23.8. The van der Waals surface area contributed by atoms with Gasteiger partial charge in [0.2, 0.25) is 0 Å². The number of rotatable bonds is 5. The van der Waals surface area contributed by atoms with Crippen molar-refractivity contribution in [2.45, 2.75) is 94.1 Å². The first-order valence-electron chi connectivity index (χ1n) is 14.9. The number of aliphatic hydroxyl groups excluding tert-OH is 1. The number of aromatic nitrogens is 2. The molecule has 4 N–H and O–H groups in total. The third-order valence-corrected chi connectivity index (χ3v) is 10.3. The summed E-state index contributed by atoms with van der Waals surface area (Å²) < 4.78 is 40.0.